The molecule has 2 aromatic carbocycles. The van der Waals surface area contributed by atoms with Gasteiger partial charge in [-0.1, -0.05) is 54.1 Å². The van der Waals surface area contributed by atoms with Gasteiger partial charge in [-0.3, -0.25) is 4.90 Å². The maximum atomic E-state index is 10.5. The van der Waals surface area contributed by atoms with E-state index >= 15 is 0 Å². The standard InChI is InChI=1S/C27H35N3O3/c1-6-16-32-19-23(31)17-30(20(2)3)18-25-26(22-10-8-7-9-11-22)28-29(5)27(25)33-24-14-12-21(4)13-15-24/h6-15,20,23,31H,1,16-19H2,2-5H3/t23-/m0/s1. The number of aryl methyl sites for hydroxylation is 2. The number of rotatable bonds is 12. The van der Waals surface area contributed by atoms with Gasteiger partial charge in [-0.2, -0.15) is 5.10 Å². The largest absolute Gasteiger partial charge is 0.439 e. The molecule has 0 spiro atoms. The molecular formula is C27H35N3O3. The summed E-state index contributed by atoms with van der Waals surface area (Å²) in [6.07, 6.45) is 1.08. The van der Waals surface area contributed by atoms with E-state index in [-0.39, 0.29) is 12.6 Å². The van der Waals surface area contributed by atoms with Crippen LogP contribution in [0.5, 0.6) is 11.6 Å². The summed E-state index contributed by atoms with van der Waals surface area (Å²) < 4.78 is 13.6. The van der Waals surface area contributed by atoms with Crippen molar-refractivity contribution < 1.29 is 14.6 Å². The quantitative estimate of drug-likeness (QED) is 0.313. The lowest BCUT2D eigenvalue weighted by atomic mass is 10.1. The molecule has 0 amide bonds. The second kappa shape index (κ2) is 11.8. The minimum Gasteiger partial charge on any atom is -0.439 e. The Morgan fingerprint density at radius 2 is 1.82 bits per heavy atom. The van der Waals surface area contributed by atoms with E-state index in [1.54, 1.807) is 10.8 Å². The van der Waals surface area contributed by atoms with Gasteiger partial charge in [0.2, 0.25) is 5.88 Å². The van der Waals surface area contributed by atoms with Crippen molar-refractivity contribution in [1.29, 1.82) is 0 Å². The van der Waals surface area contributed by atoms with Crippen molar-refractivity contribution >= 4 is 0 Å². The first-order chi connectivity index (χ1) is 15.9. The van der Waals surface area contributed by atoms with Gasteiger partial charge >= 0.3 is 0 Å². The molecule has 33 heavy (non-hydrogen) atoms. The minimum absolute atomic E-state index is 0.204. The lowest BCUT2D eigenvalue weighted by Crippen LogP contribution is -2.39. The molecular weight excluding hydrogens is 414 g/mol. The van der Waals surface area contributed by atoms with E-state index in [0.29, 0.717) is 25.6 Å². The first-order valence-electron chi connectivity index (χ1n) is 11.4. The van der Waals surface area contributed by atoms with E-state index in [2.05, 4.69) is 44.4 Å². The van der Waals surface area contributed by atoms with Crippen LogP contribution in [0.4, 0.5) is 0 Å². The van der Waals surface area contributed by atoms with Crippen LogP contribution in [-0.4, -0.2) is 51.7 Å². The van der Waals surface area contributed by atoms with Gasteiger partial charge in [-0.15, -0.1) is 6.58 Å². The average molecular weight is 450 g/mol. The zero-order valence-electron chi connectivity index (χ0n) is 20.1. The maximum absolute atomic E-state index is 10.5. The topological polar surface area (TPSA) is 59.8 Å². The molecule has 0 saturated carbocycles. The van der Waals surface area contributed by atoms with Crippen molar-refractivity contribution in [2.75, 3.05) is 19.8 Å². The number of aromatic nitrogens is 2. The predicted molar refractivity (Wildman–Crippen MR) is 132 cm³/mol. The summed E-state index contributed by atoms with van der Waals surface area (Å²) in [6, 6.07) is 18.3. The second-order valence-corrected chi connectivity index (χ2v) is 8.54. The molecule has 0 saturated heterocycles. The van der Waals surface area contributed by atoms with E-state index in [9.17, 15) is 5.11 Å². The van der Waals surface area contributed by atoms with Crippen LogP contribution < -0.4 is 4.74 Å². The van der Waals surface area contributed by atoms with Crippen LogP contribution in [0, 0.1) is 6.92 Å². The maximum Gasteiger partial charge on any atom is 0.222 e. The van der Waals surface area contributed by atoms with Crippen molar-refractivity contribution in [3.05, 3.63) is 78.4 Å². The van der Waals surface area contributed by atoms with Crippen molar-refractivity contribution in [3.63, 3.8) is 0 Å². The van der Waals surface area contributed by atoms with Gasteiger partial charge in [0.15, 0.2) is 0 Å². The van der Waals surface area contributed by atoms with E-state index in [4.69, 9.17) is 14.6 Å². The molecule has 1 atom stereocenters. The molecule has 1 heterocycles. The van der Waals surface area contributed by atoms with Gasteiger partial charge in [0, 0.05) is 31.7 Å². The molecule has 0 bridgehead atoms. The molecule has 0 aliphatic heterocycles. The average Bonchev–Trinajstić information content (AvgIpc) is 3.10. The third-order valence-corrected chi connectivity index (χ3v) is 5.45. The summed E-state index contributed by atoms with van der Waals surface area (Å²) in [7, 11) is 1.90. The molecule has 1 N–H and O–H groups in total. The Labute approximate surface area is 197 Å². The SMILES string of the molecule is C=CCOC[C@@H](O)CN(Cc1c(-c2ccccc2)nn(C)c1Oc1ccc(C)cc1)C(C)C. The number of hydrogen-bond donors (Lipinski definition) is 1. The molecule has 3 rings (SSSR count). The fraction of sp³-hybridized carbons (Fsp3) is 0.370. The smallest absolute Gasteiger partial charge is 0.222 e. The summed E-state index contributed by atoms with van der Waals surface area (Å²) in [5, 5.41) is 15.4. The van der Waals surface area contributed by atoms with Gasteiger partial charge in [0.25, 0.3) is 0 Å². The molecule has 0 radical (unpaired) electrons. The molecule has 0 fully saturated rings. The van der Waals surface area contributed by atoms with Crippen LogP contribution in [0.2, 0.25) is 0 Å². The Kier molecular flexibility index (Phi) is 8.83. The van der Waals surface area contributed by atoms with Crippen LogP contribution in [0.3, 0.4) is 0 Å². The van der Waals surface area contributed by atoms with Crippen molar-refractivity contribution in [2.24, 2.45) is 7.05 Å². The highest BCUT2D eigenvalue weighted by molar-refractivity contribution is 5.65. The Balaban J connectivity index is 1.93. The lowest BCUT2D eigenvalue weighted by molar-refractivity contribution is 0.0177. The first kappa shape index (κ1) is 24.7. The molecule has 6 nitrogen and oxygen atoms in total. The summed E-state index contributed by atoms with van der Waals surface area (Å²) in [4.78, 5) is 2.22. The Bertz CT molecular complexity index is 1010. The first-order valence-corrected chi connectivity index (χ1v) is 11.4. The predicted octanol–water partition coefficient (Wildman–Crippen LogP) is 4.96. The van der Waals surface area contributed by atoms with Crippen LogP contribution >= 0.6 is 0 Å². The van der Waals surface area contributed by atoms with Gasteiger partial charge in [-0.05, 0) is 32.9 Å². The van der Waals surface area contributed by atoms with Crippen molar-refractivity contribution in [2.45, 2.75) is 39.5 Å². The molecule has 6 heteroatoms. The van der Waals surface area contributed by atoms with Gasteiger partial charge < -0.3 is 14.6 Å². The highest BCUT2D eigenvalue weighted by atomic mass is 16.5. The number of aliphatic hydroxyl groups is 1. The molecule has 1 aromatic heterocycles. The Morgan fingerprint density at radius 3 is 2.45 bits per heavy atom. The zero-order valence-corrected chi connectivity index (χ0v) is 20.1. The fourth-order valence-corrected chi connectivity index (χ4v) is 3.64. The third kappa shape index (κ3) is 6.78. The van der Waals surface area contributed by atoms with Crippen molar-refractivity contribution in [3.8, 4) is 22.9 Å². The highest BCUT2D eigenvalue weighted by Gasteiger charge is 2.24. The van der Waals surface area contributed by atoms with E-state index in [0.717, 1.165) is 22.6 Å². The molecule has 0 aliphatic rings. The van der Waals surface area contributed by atoms with Gasteiger partial charge in [-0.25, -0.2) is 4.68 Å². The normalized spacial score (nSPS) is 12.3. The molecule has 0 unspecified atom stereocenters. The summed E-state index contributed by atoms with van der Waals surface area (Å²) in [5.74, 6) is 1.46. The summed E-state index contributed by atoms with van der Waals surface area (Å²) in [6.45, 7) is 11.7. The lowest BCUT2D eigenvalue weighted by Gasteiger charge is -2.29. The van der Waals surface area contributed by atoms with E-state index < -0.39 is 6.10 Å². The number of aliphatic hydroxyl groups excluding tert-OH is 1. The van der Waals surface area contributed by atoms with Crippen molar-refractivity contribution in [1.82, 2.24) is 14.7 Å². The monoisotopic (exact) mass is 449 g/mol. The molecule has 0 aliphatic carbocycles. The van der Waals surface area contributed by atoms with E-state index in [1.807, 2.05) is 49.5 Å². The summed E-state index contributed by atoms with van der Waals surface area (Å²) in [5.41, 5.74) is 4.07. The molecule has 3 aromatic rings. The second-order valence-electron chi connectivity index (χ2n) is 8.54. The highest BCUT2D eigenvalue weighted by Crippen LogP contribution is 2.34. The number of nitrogens with zero attached hydrogens (tertiary/aromatic N) is 3. The number of hydrogen-bond acceptors (Lipinski definition) is 5. The van der Waals surface area contributed by atoms with Crippen LogP contribution in [0.15, 0.2) is 67.3 Å². The fourth-order valence-electron chi connectivity index (χ4n) is 3.64. The zero-order chi connectivity index (χ0) is 23.8. The van der Waals surface area contributed by atoms with E-state index in [1.165, 1.54) is 5.56 Å². The number of benzene rings is 2. The van der Waals surface area contributed by atoms with Gasteiger partial charge in [0.05, 0.1) is 24.9 Å². The van der Waals surface area contributed by atoms with Gasteiger partial charge in [0.1, 0.15) is 11.4 Å². The summed E-state index contributed by atoms with van der Waals surface area (Å²) >= 11 is 0. The number of ether oxygens (including phenoxy) is 2. The Hall–Kier alpha value is -2.93. The van der Waals surface area contributed by atoms with Crippen LogP contribution in [0.1, 0.15) is 25.0 Å². The Morgan fingerprint density at radius 1 is 1.12 bits per heavy atom. The van der Waals surface area contributed by atoms with Crippen LogP contribution in [-0.2, 0) is 18.3 Å². The minimum atomic E-state index is -0.606. The third-order valence-electron chi connectivity index (χ3n) is 5.45. The molecule has 176 valence electrons. The van der Waals surface area contributed by atoms with Crippen LogP contribution in [0.25, 0.3) is 11.3 Å².